The molecule has 1 aliphatic heterocycles. The monoisotopic (exact) mass is 351 g/mol. The van der Waals surface area contributed by atoms with Gasteiger partial charge < -0.3 is 16.4 Å². The fraction of sp³-hybridized carbons (Fsp3) is 0.158. The fourth-order valence-corrected chi connectivity index (χ4v) is 3.41. The van der Waals surface area contributed by atoms with E-state index in [1.807, 2.05) is 18.2 Å². The molecule has 4 rings (SSSR count). The van der Waals surface area contributed by atoms with Crippen molar-refractivity contribution in [1.29, 1.82) is 0 Å². The van der Waals surface area contributed by atoms with E-state index in [1.165, 1.54) is 11.3 Å². The Labute approximate surface area is 151 Å². The van der Waals surface area contributed by atoms with Gasteiger partial charge in [-0.2, -0.15) is 4.98 Å². The molecule has 1 aliphatic rings. The minimum Gasteiger partial charge on any atom is -0.383 e. The van der Waals surface area contributed by atoms with E-state index >= 15 is 0 Å². The van der Waals surface area contributed by atoms with Crippen molar-refractivity contribution >= 4 is 29.1 Å². The highest BCUT2D eigenvalue weighted by Crippen LogP contribution is 2.34. The van der Waals surface area contributed by atoms with E-state index in [9.17, 15) is 0 Å². The Morgan fingerprint density at radius 3 is 2.72 bits per heavy atom. The molecular weight excluding hydrogens is 334 g/mol. The zero-order valence-electron chi connectivity index (χ0n) is 13.6. The molecule has 3 aromatic rings. The summed E-state index contributed by atoms with van der Waals surface area (Å²) in [5.74, 6) is 0.637. The van der Waals surface area contributed by atoms with Crippen molar-refractivity contribution in [3.8, 4) is 11.1 Å². The van der Waals surface area contributed by atoms with E-state index in [2.05, 4.69) is 39.1 Å². The largest absolute Gasteiger partial charge is 0.383 e. The quantitative estimate of drug-likeness (QED) is 0.754. The molecule has 0 atom stereocenters. The molecule has 0 spiro atoms. The van der Waals surface area contributed by atoms with Crippen LogP contribution in [0.2, 0.25) is 5.02 Å². The molecule has 0 saturated heterocycles. The zero-order chi connectivity index (χ0) is 17.4. The predicted octanol–water partition coefficient (Wildman–Crippen LogP) is 3.52. The van der Waals surface area contributed by atoms with Crippen molar-refractivity contribution in [3.63, 3.8) is 0 Å². The van der Waals surface area contributed by atoms with E-state index in [4.69, 9.17) is 23.1 Å². The maximum atomic E-state index is 6.13. The van der Waals surface area contributed by atoms with Crippen LogP contribution in [0.15, 0.2) is 48.7 Å². The van der Waals surface area contributed by atoms with Crippen LogP contribution in [-0.2, 0) is 13.0 Å². The maximum Gasteiger partial charge on any atom is 0.221 e. The van der Waals surface area contributed by atoms with Gasteiger partial charge in [0, 0.05) is 35.6 Å². The first-order chi connectivity index (χ1) is 12.1. The van der Waals surface area contributed by atoms with Crippen LogP contribution in [0.4, 0.5) is 17.5 Å². The van der Waals surface area contributed by atoms with Crippen molar-refractivity contribution < 1.29 is 0 Å². The molecule has 0 aliphatic carbocycles. The van der Waals surface area contributed by atoms with Gasteiger partial charge in [0.15, 0.2) is 0 Å². The van der Waals surface area contributed by atoms with Crippen LogP contribution >= 0.6 is 11.6 Å². The molecule has 1 aromatic heterocycles. The molecule has 0 fully saturated rings. The number of nitrogens with two attached hydrogens (primary N) is 2. The van der Waals surface area contributed by atoms with Gasteiger partial charge in [-0.25, -0.2) is 4.98 Å². The first kappa shape index (κ1) is 15.7. The number of nitrogen functional groups attached to an aromatic ring is 2. The van der Waals surface area contributed by atoms with Crippen molar-refractivity contribution in [3.05, 3.63) is 64.8 Å². The Morgan fingerprint density at radius 1 is 1.08 bits per heavy atom. The lowest BCUT2D eigenvalue weighted by atomic mass is 10.0. The van der Waals surface area contributed by atoms with Crippen LogP contribution in [0.1, 0.15) is 11.1 Å². The third-order valence-corrected chi connectivity index (χ3v) is 4.75. The van der Waals surface area contributed by atoms with E-state index in [0.717, 1.165) is 34.7 Å². The SMILES string of the molecule is Nc1ncc(CN2CCc3ccc(-c4cccc(Cl)c4)cc32)c(N)n1. The molecule has 0 bridgehead atoms. The highest BCUT2D eigenvalue weighted by molar-refractivity contribution is 6.30. The Hall–Kier alpha value is -2.79. The number of benzene rings is 2. The average Bonchev–Trinajstić information content (AvgIpc) is 2.99. The molecule has 0 unspecified atom stereocenters. The number of hydrogen-bond donors (Lipinski definition) is 2. The normalized spacial score (nSPS) is 13.1. The first-order valence-corrected chi connectivity index (χ1v) is 8.48. The lowest BCUT2D eigenvalue weighted by Gasteiger charge is -2.20. The minimum atomic E-state index is 0.200. The number of halogens is 1. The standard InChI is InChI=1S/C19H18ClN5/c20-16-3-1-2-13(8-16)14-5-4-12-6-7-25(17(12)9-14)11-15-10-23-19(22)24-18(15)21/h1-5,8-10H,6-7,11H2,(H4,21,22,23,24). The highest BCUT2D eigenvalue weighted by atomic mass is 35.5. The van der Waals surface area contributed by atoms with Crippen molar-refractivity contribution in [1.82, 2.24) is 9.97 Å². The van der Waals surface area contributed by atoms with E-state index in [-0.39, 0.29) is 5.95 Å². The van der Waals surface area contributed by atoms with E-state index in [1.54, 1.807) is 6.20 Å². The van der Waals surface area contributed by atoms with Crippen LogP contribution in [0.3, 0.4) is 0 Å². The molecule has 4 N–H and O–H groups in total. The summed E-state index contributed by atoms with van der Waals surface area (Å²) >= 11 is 6.13. The Bertz CT molecular complexity index is 941. The number of rotatable bonds is 3. The van der Waals surface area contributed by atoms with Crippen LogP contribution in [0.5, 0.6) is 0 Å². The Kier molecular flexibility index (Phi) is 3.93. The third kappa shape index (κ3) is 3.10. The van der Waals surface area contributed by atoms with Crippen molar-refractivity contribution in [2.45, 2.75) is 13.0 Å². The summed E-state index contributed by atoms with van der Waals surface area (Å²) in [4.78, 5) is 10.4. The molecule has 2 heterocycles. The predicted molar refractivity (Wildman–Crippen MR) is 102 cm³/mol. The molecule has 0 radical (unpaired) electrons. The lowest BCUT2D eigenvalue weighted by Crippen LogP contribution is -2.21. The highest BCUT2D eigenvalue weighted by Gasteiger charge is 2.21. The lowest BCUT2D eigenvalue weighted by molar-refractivity contribution is 0.830. The second-order valence-electron chi connectivity index (χ2n) is 6.16. The van der Waals surface area contributed by atoms with Crippen molar-refractivity contribution in [2.24, 2.45) is 0 Å². The van der Waals surface area contributed by atoms with Crippen LogP contribution < -0.4 is 16.4 Å². The first-order valence-electron chi connectivity index (χ1n) is 8.11. The third-order valence-electron chi connectivity index (χ3n) is 4.51. The molecule has 126 valence electrons. The van der Waals surface area contributed by atoms with Gasteiger partial charge in [-0.3, -0.25) is 0 Å². The maximum absolute atomic E-state index is 6.13. The molecule has 5 nitrogen and oxygen atoms in total. The van der Waals surface area contributed by atoms with Crippen molar-refractivity contribution in [2.75, 3.05) is 22.9 Å². The molecule has 0 amide bonds. The summed E-state index contributed by atoms with van der Waals surface area (Å²) in [6.07, 6.45) is 2.72. The molecule has 2 aromatic carbocycles. The van der Waals surface area contributed by atoms with Crippen LogP contribution in [0, 0.1) is 0 Å². The Balaban J connectivity index is 1.66. The topological polar surface area (TPSA) is 81.1 Å². The van der Waals surface area contributed by atoms with E-state index in [0.29, 0.717) is 12.4 Å². The summed E-state index contributed by atoms with van der Waals surface area (Å²) in [6, 6.07) is 14.4. The smallest absolute Gasteiger partial charge is 0.221 e. The number of nitrogens with zero attached hydrogens (tertiary/aromatic N) is 3. The van der Waals surface area contributed by atoms with Gasteiger partial charge in [0.1, 0.15) is 5.82 Å². The summed E-state index contributed by atoms with van der Waals surface area (Å²) in [7, 11) is 0. The van der Waals surface area contributed by atoms with Gasteiger partial charge in [-0.15, -0.1) is 0 Å². The molecule has 25 heavy (non-hydrogen) atoms. The second kappa shape index (κ2) is 6.26. The van der Waals surface area contributed by atoms with E-state index < -0.39 is 0 Å². The number of aromatic nitrogens is 2. The van der Waals surface area contributed by atoms with Gasteiger partial charge in [0.05, 0.1) is 0 Å². The minimum absolute atomic E-state index is 0.200. The fourth-order valence-electron chi connectivity index (χ4n) is 3.22. The van der Waals surface area contributed by atoms with Gasteiger partial charge in [0.2, 0.25) is 5.95 Å². The molecular formula is C19H18ClN5. The van der Waals surface area contributed by atoms with Gasteiger partial charge in [-0.05, 0) is 41.3 Å². The number of fused-ring (bicyclic) bond motifs is 1. The Morgan fingerprint density at radius 2 is 1.92 bits per heavy atom. The molecule has 6 heteroatoms. The number of anilines is 3. The zero-order valence-corrected chi connectivity index (χ0v) is 14.4. The van der Waals surface area contributed by atoms with Gasteiger partial charge in [-0.1, -0.05) is 35.9 Å². The summed E-state index contributed by atoms with van der Waals surface area (Å²) < 4.78 is 0. The second-order valence-corrected chi connectivity index (χ2v) is 6.60. The van der Waals surface area contributed by atoms with Crippen LogP contribution in [-0.4, -0.2) is 16.5 Å². The number of hydrogen-bond acceptors (Lipinski definition) is 5. The molecule has 0 saturated carbocycles. The van der Waals surface area contributed by atoms with Crippen LogP contribution in [0.25, 0.3) is 11.1 Å². The summed E-state index contributed by atoms with van der Waals surface area (Å²) in [5.41, 5.74) is 17.3. The summed E-state index contributed by atoms with van der Waals surface area (Å²) in [5, 5.41) is 0.738. The van der Waals surface area contributed by atoms with Gasteiger partial charge >= 0.3 is 0 Å². The summed E-state index contributed by atoms with van der Waals surface area (Å²) in [6.45, 7) is 1.61. The van der Waals surface area contributed by atoms with Gasteiger partial charge in [0.25, 0.3) is 0 Å². The average molecular weight is 352 g/mol.